The largest absolute Gasteiger partial charge is 0.385 e. The Morgan fingerprint density at radius 3 is 2.69 bits per heavy atom. The lowest BCUT2D eigenvalue weighted by Gasteiger charge is -2.12. The van der Waals surface area contributed by atoms with Gasteiger partial charge in [0.25, 0.3) is 0 Å². The Bertz CT molecular complexity index is 341. The zero-order chi connectivity index (χ0) is 12.0. The maximum Gasteiger partial charge on any atom is 0.305 e. The van der Waals surface area contributed by atoms with Crippen molar-refractivity contribution in [3.05, 3.63) is 22.5 Å². The minimum Gasteiger partial charge on any atom is -0.385 e. The Labute approximate surface area is 93.0 Å². The van der Waals surface area contributed by atoms with E-state index in [1.165, 1.54) is 12.4 Å². The average Bonchev–Trinajstić information content (AvgIpc) is 2.27. The van der Waals surface area contributed by atoms with E-state index in [9.17, 15) is 10.1 Å². The molecule has 7 nitrogen and oxygen atoms in total. The quantitative estimate of drug-likeness (QED) is 0.579. The molecule has 1 atom stereocenters. The molecule has 1 unspecified atom stereocenters. The average molecular weight is 226 g/mol. The third-order valence-electron chi connectivity index (χ3n) is 1.98. The van der Waals surface area contributed by atoms with E-state index in [2.05, 4.69) is 15.3 Å². The molecule has 1 rings (SSSR count). The third-order valence-corrected chi connectivity index (χ3v) is 1.98. The zero-order valence-corrected chi connectivity index (χ0v) is 9.21. The van der Waals surface area contributed by atoms with E-state index < -0.39 is 4.92 Å². The number of anilines is 1. The molecule has 0 saturated carbocycles. The molecule has 0 aromatic carbocycles. The Kier molecular flexibility index (Phi) is 4.59. The van der Waals surface area contributed by atoms with Gasteiger partial charge in [-0.05, 0) is 13.3 Å². The molecular weight excluding hydrogens is 212 g/mol. The summed E-state index contributed by atoms with van der Waals surface area (Å²) in [6, 6.07) is 0.154. The van der Waals surface area contributed by atoms with Crippen LogP contribution in [-0.2, 0) is 4.74 Å². The second-order valence-corrected chi connectivity index (χ2v) is 3.35. The van der Waals surface area contributed by atoms with Crippen molar-refractivity contribution >= 4 is 11.6 Å². The molecular formula is C9H14N4O3. The molecule has 1 heterocycles. The predicted octanol–water partition coefficient (Wildman–Crippen LogP) is 1.22. The Morgan fingerprint density at radius 2 is 2.19 bits per heavy atom. The van der Waals surface area contributed by atoms with Crippen LogP contribution in [0.3, 0.4) is 0 Å². The molecule has 0 aliphatic rings. The van der Waals surface area contributed by atoms with Crippen LogP contribution in [-0.4, -0.2) is 34.6 Å². The fourth-order valence-electron chi connectivity index (χ4n) is 1.08. The van der Waals surface area contributed by atoms with Crippen LogP contribution in [0.1, 0.15) is 13.3 Å². The molecule has 0 aliphatic carbocycles. The van der Waals surface area contributed by atoms with Crippen molar-refractivity contribution in [1.82, 2.24) is 9.97 Å². The molecule has 1 aromatic rings. The zero-order valence-electron chi connectivity index (χ0n) is 9.21. The summed E-state index contributed by atoms with van der Waals surface area (Å²) < 4.78 is 4.93. The summed E-state index contributed by atoms with van der Waals surface area (Å²) in [4.78, 5) is 17.5. The lowest BCUT2D eigenvalue weighted by atomic mass is 10.2. The molecule has 0 spiro atoms. The van der Waals surface area contributed by atoms with Gasteiger partial charge in [-0.25, -0.2) is 9.97 Å². The Hall–Kier alpha value is -1.76. The summed E-state index contributed by atoms with van der Waals surface area (Å²) in [6.07, 6.45) is 3.17. The van der Waals surface area contributed by atoms with Crippen LogP contribution in [0.2, 0.25) is 0 Å². The highest BCUT2D eigenvalue weighted by atomic mass is 16.6. The van der Waals surface area contributed by atoms with E-state index >= 15 is 0 Å². The van der Waals surface area contributed by atoms with Gasteiger partial charge in [-0.2, -0.15) is 0 Å². The van der Waals surface area contributed by atoms with Gasteiger partial charge in [0.1, 0.15) is 12.4 Å². The molecule has 88 valence electrons. The molecule has 1 aromatic heterocycles. The SMILES string of the molecule is COCCC(C)Nc1ncc([N+](=O)[O-])cn1. The molecule has 0 fully saturated rings. The van der Waals surface area contributed by atoms with Gasteiger partial charge in [0, 0.05) is 19.8 Å². The van der Waals surface area contributed by atoms with Crippen molar-refractivity contribution in [2.75, 3.05) is 19.0 Å². The van der Waals surface area contributed by atoms with Gasteiger partial charge < -0.3 is 10.1 Å². The van der Waals surface area contributed by atoms with Gasteiger partial charge in [-0.3, -0.25) is 10.1 Å². The first-order valence-corrected chi connectivity index (χ1v) is 4.85. The van der Waals surface area contributed by atoms with Crippen LogP contribution in [0.4, 0.5) is 11.6 Å². The maximum absolute atomic E-state index is 10.4. The summed E-state index contributed by atoms with van der Waals surface area (Å²) >= 11 is 0. The van der Waals surface area contributed by atoms with Gasteiger partial charge in [0.2, 0.25) is 5.95 Å². The van der Waals surface area contributed by atoms with E-state index in [-0.39, 0.29) is 11.7 Å². The van der Waals surface area contributed by atoms with Crippen LogP contribution in [0.5, 0.6) is 0 Å². The summed E-state index contributed by atoms with van der Waals surface area (Å²) in [7, 11) is 1.63. The fraction of sp³-hybridized carbons (Fsp3) is 0.556. The van der Waals surface area contributed by atoms with Crippen molar-refractivity contribution < 1.29 is 9.66 Å². The molecule has 0 bridgehead atoms. The molecule has 1 N–H and O–H groups in total. The number of nitrogens with one attached hydrogen (secondary N) is 1. The number of hydrogen-bond acceptors (Lipinski definition) is 6. The highest BCUT2D eigenvalue weighted by Gasteiger charge is 2.08. The second-order valence-electron chi connectivity index (χ2n) is 3.35. The molecule has 0 amide bonds. The number of rotatable bonds is 6. The van der Waals surface area contributed by atoms with Gasteiger partial charge in [0.05, 0.1) is 4.92 Å². The number of methoxy groups -OCH3 is 1. The minimum atomic E-state index is -0.530. The first-order valence-electron chi connectivity index (χ1n) is 4.85. The summed E-state index contributed by atoms with van der Waals surface area (Å²) in [5.74, 6) is 0.384. The second kappa shape index (κ2) is 5.96. The van der Waals surface area contributed by atoms with Crippen molar-refractivity contribution in [2.24, 2.45) is 0 Å². The van der Waals surface area contributed by atoms with E-state index in [1.807, 2.05) is 6.92 Å². The van der Waals surface area contributed by atoms with Gasteiger partial charge in [0.15, 0.2) is 0 Å². The fourth-order valence-corrected chi connectivity index (χ4v) is 1.08. The standard InChI is InChI=1S/C9H14N4O3/c1-7(3-4-16-2)12-9-10-5-8(6-11-9)13(14)15/h5-7H,3-4H2,1-2H3,(H,10,11,12). The van der Waals surface area contributed by atoms with Crippen LogP contribution >= 0.6 is 0 Å². The Balaban J connectivity index is 2.51. The first kappa shape index (κ1) is 12.3. The maximum atomic E-state index is 10.4. The third kappa shape index (κ3) is 3.77. The predicted molar refractivity (Wildman–Crippen MR) is 58.3 cm³/mol. The van der Waals surface area contributed by atoms with Crippen molar-refractivity contribution in [2.45, 2.75) is 19.4 Å². The normalized spacial score (nSPS) is 12.1. The number of hydrogen-bond donors (Lipinski definition) is 1. The van der Waals surface area contributed by atoms with E-state index in [4.69, 9.17) is 4.74 Å². The summed E-state index contributed by atoms with van der Waals surface area (Å²) in [5, 5.41) is 13.4. The van der Waals surface area contributed by atoms with Crippen molar-refractivity contribution in [3.63, 3.8) is 0 Å². The monoisotopic (exact) mass is 226 g/mol. The smallest absolute Gasteiger partial charge is 0.305 e. The Morgan fingerprint density at radius 1 is 1.56 bits per heavy atom. The number of nitro groups is 1. The van der Waals surface area contributed by atoms with Crippen LogP contribution in [0.25, 0.3) is 0 Å². The van der Waals surface area contributed by atoms with Crippen molar-refractivity contribution in [1.29, 1.82) is 0 Å². The minimum absolute atomic E-state index is 0.116. The van der Waals surface area contributed by atoms with Crippen LogP contribution in [0, 0.1) is 10.1 Å². The molecule has 0 aliphatic heterocycles. The van der Waals surface area contributed by atoms with E-state index in [0.29, 0.717) is 12.6 Å². The van der Waals surface area contributed by atoms with Crippen LogP contribution < -0.4 is 5.32 Å². The van der Waals surface area contributed by atoms with Gasteiger partial charge in [-0.1, -0.05) is 0 Å². The lowest BCUT2D eigenvalue weighted by Crippen LogP contribution is -2.18. The van der Waals surface area contributed by atoms with Gasteiger partial charge in [-0.15, -0.1) is 0 Å². The summed E-state index contributed by atoms with van der Waals surface area (Å²) in [5.41, 5.74) is -0.116. The lowest BCUT2D eigenvalue weighted by molar-refractivity contribution is -0.385. The van der Waals surface area contributed by atoms with Crippen LogP contribution in [0.15, 0.2) is 12.4 Å². The molecule has 0 radical (unpaired) electrons. The summed E-state index contributed by atoms with van der Waals surface area (Å²) in [6.45, 7) is 2.60. The molecule has 7 heteroatoms. The highest BCUT2D eigenvalue weighted by molar-refractivity contribution is 5.31. The highest BCUT2D eigenvalue weighted by Crippen LogP contribution is 2.09. The van der Waals surface area contributed by atoms with Crippen molar-refractivity contribution in [3.8, 4) is 0 Å². The first-order chi connectivity index (χ1) is 7.63. The van der Waals surface area contributed by atoms with Gasteiger partial charge >= 0.3 is 5.69 Å². The molecule has 0 saturated heterocycles. The number of aromatic nitrogens is 2. The topological polar surface area (TPSA) is 90.2 Å². The van der Waals surface area contributed by atoms with E-state index in [0.717, 1.165) is 6.42 Å². The number of ether oxygens (including phenoxy) is 1. The van der Waals surface area contributed by atoms with E-state index in [1.54, 1.807) is 7.11 Å². The number of nitrogens with zero attached hydrogens (tertiary/aromatic N) is 3. The molecule has 16 heavy (non-hydrogen) atoms.